The number of H-pyrrole nitrogens is 1. The molecule has 0 saturated carbocycles. The summed E-state index contributed by atoms with van der Waals surface area (Å²) in [5, 5.41) is 2.88. The first-order valence-electron chi connectivity index (χ1n) is 9.57. The summed E-state index contributed by atoms with van der Waals surface area (Å²) in [6, 6.07) is 26.6. The Hall–Kier alpha value is -3.24. The number of nitrogens with one attached hydrogen (secondary N) is 1. The van der Waals surface area contributed by atoms with Gasteiger partial charge in [-0.15, -0.1) is 0 Å². The van der Waals surface area contributed by atoms with Crippen LogP contribution in [0, 0.1) is 6.92 Å². The minimum absolute atomic E-state index is 0.0104. The second-order valence-corrected chi connectivity index (χ2v) is 7.25. The van der Waals surface area contributed by atoms with Crippen LogP contribution < -0.4 is 10.9 Å². The van der Waals surface area contributed by atoms with Crippen LogP contribution >= 0.6 is 0 Å². The summed E-state index contributed by atoms with van der Waals surface area (Å²) in [7, 11) is 0. The maximum atomic E-state index is 12.5. The molecule has 0 saturated heterocycles. The summed E-state index contributed by atoms with van der Waals surface area (Å²) < 4.78 is 0. The van der Waals surface area contributed by atoms with Gasteiger partial charge in [0.15, 0.2) is 5.82 Å². The fourth-order valence-corrected chi connectivity index (χ4v) is 3.55. The molecule has 0 fully saturated rings. The highest BCUT2D eigenvalue weighted by Crippen LogP contribution is 2.20. The van der Waals surface area contributed by atoms with Gasteiger partial charge < -0.3 is 10.3 Å². The molecule has 0 aliphatic rings. The average molecular weight is 370 g/mol. The molecule has 0 amide bonds. The Bertz CT molecular complexity index is 1130. The van der Waals surface area contributed by atoms with Gasteiger partial charge in [-0.05, 0) is 26.0 Å². The molecule has 1 heterocycles. The molecule has 28 heavy (non-hydrogen) atoms. The Balaban J connectivity index is 1.70. The number of quaternary nitrogens is 1. The number of aromatic amines is 1. The van der Waals surface area contributed by atoms with E-state index in [-0.39, 0.29) is 17.6 Å². The highest BCUT2D eigenvalue weighted by Gasteiger charge is 2.23. The maximum Gasteiger partial charge on any atom is 0.258 e. The van der Waals surface area contributed by atoms with Crippen molar-refractivity contribution in [2.24, 2.45) is 0 Å². The van der Waals surface area contributed by atoms with E-state index in [1.165, 1.54) is 16.7 Å². The van der Waals surface area contributed by atoms with E-state index in [9.17, 15) is 4.79 Å². The Labute approximate surface area is 164 Å². The Morgan fingerprint density at radius 1 is 0.857 bits per heavy atom. The van der Waals surface area contributed by atoms with Gasteiger partial charge in [-0.1, -0.05) is 72.3 Å². The van der Waals surface area contributed by atoms with Crippen LogP contribution in [0.2, 0.25) is 0 Å². The summed E-state index contributed by atoms with van der Waals surface area (Å²) >= 11 is 0. The zero-order valence-electron chi connectivity index (χ0n) is 16.1. The summed E-state index contributed by atoms with van der Waals surface area (Å²) in [5.74, 6) is 0.691. The molecule has 0 spiro atoms. The van der Waals surface area contributed by atoms with E-state index < -0.39 is 0 Å². The molecular formula is C24H24N3O+. The first-order chi connectivity index (χ1) is 13.6. The minimum Gasteiger partial charge on any atom is -0.328 e. The van der Waals surface area contributed by atoms with E-state index in [1.807, 2.05) is 24.3 Å². The molecule has 4 nitrogen and oxygen atoms in total. The molecule has 0 bridgehead atoms. The molecule has 140 valence electrons. The van der Waals surface area contributed by atoms with E-state index in [0.717, 1.165) is 5.52 Å². The minimum atomic E-state index is -0.0903. The first-order valence-corrected chi connectivity index (χ1v) is 9.57. The third kappa shape index (κ3) is 3.73. The number of hydrogen-bond acceptors (Lipinski definition) is 2. The number of rotatable bonds is 5. The summed E-state index contributed by atoms with van der Waals surface area (Å²) in [5.41, 5.74) is 4.33. The molecule has 4 heteroatoms. The van der Waals surface area contributed by atoms with Gasteiger partial charge in [0.2, 0.25) is 0 Å². The number of para-hydroxylation sites is 1. The second kappa shape index (κ2) is 7.79. The van der Waals surface area contributed by atoms with Crippen LogP contribution in [-0.2, 0) is 0 Å². The van der Waals surface area contributed by atoms with Gasteiger partial charge in [0.05, 0.1) is 10.9 Å². The van der Waals surface area contributed by atoms with Crippen LogP contribution in [0.5, 0.6) is 0 Å². The van der Waals surface area contributed by atoms with Crippen molar-refractivity contribution in [2.75, 3.05) is 0 Å². The number of aryl methyl sites for hydroxylation is 1. The van der Waals surface area contributed by atoms with Crippen LogP contribution in [0.1, 0.15) is 41.5 Å². The van der Waals surface area contributed by atoms with E-state index in [2.05, 4.69) is 72.7 Å². The number of benzene rings is 3. The SMILES string of the molecule is Cc1ccc([C@H]([NH2+][C@H](C)c2nc3ccccc3c(=O)[nH]2)c2ccccc2)cc1. The van der Waals surface area contributed by atoms with Crippen molar-refractivity contribution in [3.63, 3.8) is 0 Å². The van der Waals surface area contributed by atoms with E-state index in [4.69, 9.17) is 4.98 Å². The van der Waals surface area contributed by atoms with E-state index >= 15 is 0 Å². The lowest BCUT2D eigenvalue weighted by atomic mass is 9.97. The van der Waals surface area contributed by atoms with Crippen LogP contribution in [-0.4, -0.2) is 9.97 Å². The lowest BCUT2D eigenvalue weighted by Crippen LogP contribution is -2.86. The van der Waals surface area contributed by atoms with Gasteiger partial charge in [-0.2, -0.15) is 0 Å². The Morgan fingerprint density at radius 3 is 2.25 bits per heavy atom. The summed E-state index contributed by atoms with van der Waals surface area (Å²) in [6.07, 6.45) is 0. The standard InChI is InChI=1S/C24H23N3O/c1-16-12-14-19(15-13-16)22(18-8-4-3-5-9-18)25-17(2)23-26-21-11-7-6-10-20(21)24(28)27-23/h3-15,17,22,25H,1-2H3,(H,26,27,28)/p+1/t17-,22-/m1/s1. The van der Waals surface area contributed by atoms with Crippen molar-refractivity contribution in [1.82, 2.24) is 9.97 Å². The van der Waals surface area contributed by atoms with Gasteiger partial charge in [0.25, 0.3) is 5.56 Å². The Morgan fingerprint density at radius 2 is 1.50 bits per heavy atom. The second-order valence-electron chi connectivity index (χ2n) is 7.25. The summed E-state index contributed by atoms with van der Waals surface area (Å²) in [6.45, 7) is 4.18. The molecular weight excluding hydrogens is 346 g/mol. The molecule has 1 aromatic heterocycles. The zero-order chi connectivity index (χ0) is 19.5. The highest BCUT2D eigenvalue weighted by atomic mass is 16.1. The van der Waals surface area contributed by atoms with Crippen LogP contribution in [0.25, 0.3) is 10.9 Å². The van der Waals surface area contributed by atoms with Gasteiger partial charge in [-0.25, -0.2) is 4.98 Å². The topological polar surface area (TPSA) is 62.4 Å². The number of fused-ring (bicyclic) bond motifs is 1. The third-order valence-electron chi connectivity index (χ3n) is 5.14. The van der Waals surface area contributed by atoms with Crippen molar-refractivity contribution in [2.45, 2.75) is 25.9 Å². The fourth-order valence-electron chi connectivity index (χ4n) is 3.55. The summed E-state index contributed by atoms with van der Waals surface area (Å²) in [4.78, 5) is 20.1. The Kier molecular flexibility index (Phi) is 5.04. The number of aromatic nitrogens is 2. The van der Waals surface area contributed by atoms with Crippen molar-refractivity contribution in [1.29, 1.82) is 0 Å². The average Bonchev–Trinajstić information content (AvgIpc) is 2.73. The molecule has 2 atom stereocenters. The van der Waals surface area contributed by atoms with Gasteiger partial charge in [-0.3, -0.25) is 4.79 Å². The lowest BCUT2D eigenvalue weighted by Gasteiger charge is -2.21. The van der Waals surface area contributed by atoms with Gasteiger partial charge in [0, 0.05) is 11.1 Å². The van der Waals surface area contributed by atoms with Crippen LogP contribution in [0.4, 0.5) is 0 Å². The predicted octanol–water partition coefficient (Wildman–Crippen LogP) is 3.65. The first kappa shape index (κ1) is 18.1. The number of nitrogens with zero attached hydrogens (tertiary/aromatic N) is 1. The van der Waals surface area contributed by atoms with E-state index in [1.54, 1.807) is 6.07 Å². The molecule has 0 aliphatic heterocycles. The quantitative estimate of drug-likeness (QED) is 0.563. The lowest BCUT2D eigenvalue weighted by molar-refractivity contribution is -0.724. The van der Waals surface area contributed by atoms with Crippen molar-refractivity contribution >= 4 is 10.9 Å². The van der Waals surface area contributed by atoms with Gasteiger partial charge in [0.1, 0.15) is 12.1 Å². The molecule has 0 unspecified atom stereocenters. The van der Waals surface area contributed by atoms with Gasteiger partial charge >= 0.3 is 0 Å². The molecule has 3 aromatic carbocycles. The van der Waals surface area contributed by atoms with Crippen LogP contribution in [0.3, 0.4) is 0 Å². The molecule has 4 aromatic rings. The number of nitrogens with two attached hydrogens (primary N) is 1. The van der Waals surface area contributed by atoms with Crippen LogP contribution in [0.15, 0.2) is 83.7 Å². The van der Waals surface area contributed by atoms with Crippen molar-refractivity contribution < 1.29 is 5.32 Å². The molecule has 0 aliphatic carbocycles. The third-order valence-corrected chi connectivity index (χ3v) is 5.14. The normalized spacial score (nSPS) is 13.4. The maximum absolute atomic E-state index is 12.5. The highest BCUT2D eigenvalue weighted by molar-refractivity contribution is 5.77. The smallest absolute Gasteiger partial charge is 0.258 e. The van der Waals surface area contributed by atoms with E-state index in [0.29, 0.717) is 11.2 Å². The monoisotopic (exact) mass is 370 g/mol. The molecule has 3 N–H and O–H groups in total. The molecule has 4 rings (SSSR count). The largest absolute Gasteiger partial charge is 0.328 e. The van der Waals surface area contributed by atoms with Crippen molar-refractivity contribution in [3.8, 4) is 0 Å². The predicted molar refractivity (Wildman–Crippen MR) is 112 cm³/mol. The fraction of sp³-hybridized carbons (Fsp3) is 0.167. The molecule has 0 radical (unpaired) electrons. The zero-order valence-corrected chi connectivity index (χ0v) is 16.1. The van der Waals surface area contributed by atoms with Crippen molar-refractivity contribution in [3.05, 3.63) is 112 Å². The number of hydrogen-bond donors (Lipinski definition) is 2.